The molecule has 9 heteroatoms. The van der Waals surface area contributed by atoms with E-state index in [4.69, 9.17) is 9.47 Å². The Morgan fingerprint density at radius 1 is 1.08 bits per heavy atom. The summed E-state index contributed by atoms with van der Waals surface area (Å²) in [7, 11) is 0. The third-order valence-corrected chi connectivity index (χ3v) is 6.29. The van der Waals surface area contributed by atoms with Crippen LogP contribution >= 0.6 is 0 Å². The van der Waals surface area contributed by atoms with Crippen LogP contribution in [-0.2, 0) is 11.3 Å². The first kappa shape index (κ1) is 27.3. The summed E-state index contributed by atoms with van der Waals surface area (Å²) in [5, 5.41) is 3.92. The molecule has 1 aliphatic heterocycles. The Balaban J connectivity index is 1.41. The van der Waals surface area contributed by atoms with Crippen LogP contribution in [0.15, 0.2) is 42.6 Å². The Hall–Kier alpha value is -3.75. The van der Waals surface area contributed by atoms with Crippen molar-refractivity contribution in [3.63, 3.8) is 0 Å². The number of hydrogen-bond acceptors (Lipinski definition) is 6. The van der Waals surface area contributed by atoms with Crippen LogP contribution in [0, 0.1) is 5.92 Å². The zero-order chi connectivity index (χ0) is 27.4. The van der Waals surface area contributed by atoms with Gasteiger partial charge in [-0.1, -0.05) is 19.9 Å². The molecule has 0 unspecified atom stereocenters. The SMILES string of the molecule is CCn1c(C(=O)Nc2ccc(N3CCN(C(=O)OC(C)(C)C)CC3)nc2)cc2c(OCC(C)C)cccc21. The van der Waals surface area contributed by atoms with E-state index in [0.29, 0.717) is 56.6 Å². The van der Waals surface area contributed by atoms with Crippen LogP contribution in [-0.4, -0.2) is 64.8 Å². The zero-order valence-corrected chi connectivity index (χ0v) is 23.3. The largest absolute Gasteiger partial charge is 0.493 e. The minimum absolute atomic E-state index is 0.196. The first-order valence-electron chi connectivity index (χ1n) is 13.3. The molecule has 3 heterocycles. The maximum Gasteiger partial charge on any atom is 0.410 e. The molecular weight excluding hydrogens is 482 g/mol. The number of nitrogens with zero attached hydrogens (tertiary/aromatic N) is 4. The van der Waals surface area contributed by atoms with Crippen molar-refractivity contribution in [1.82, 2.24) is 14.5 Å². The van der Waals surface area contributed by atoms with Crippen molar-refractivity contribution in [3.05, 3.63) is 48.3 Å². The summed E-state index contributed by atoms with van der Waals surface area (Å²) in [5.74, 6) is 1.81. The van der Waals surface area contributed by atoms with Crippen molar-refractivity contribution in [1.29, 1.82) is 0 Å². The minimum Gasteiger partial charge on any atom is -0.493 e. The second-order valence-electron chi connectivity index (χ2n) is 11.0. The van der Waals surface area contributed by atoms with E-state index in [2.05, 4.69) is 29.0 Å². The first-order valence-corrected chi connectivity index (χ1v) is 13.3. The summed E-state index contributed by atoms with van der Waals surface area (Å²) >= 11 is 0. The molecule has 4 rings (SSSR count). The molecule has 0 atom stereocenters. The highest BCUT2D eigenvalue weighted by atomic mass is 16.6. The molecule has 9 nitrogen and oxygen atoms in total. The standard InChI is InChI=1S/C29H39N5O4/c1-7-34-23-9-8-10-25(37-19-20(2)3)22(23)17-24(34)27(35)31-21-11-12-26(30-18-21)32-13-15-33(16-14-32)28(36)38-29(4,5)6/h8-12,17-18,20H,7,13-16,19H2,1-6H3,(H,31,35). The van der Waals surface area contributed by atoms with Crippen LogP contribution in [0.3, 0.4) is 0 Å². The number of anilines is 2. The summed E-state index contributed by atoms with van der Waals surface area (Å²) in [6.07, 6.45) is 1.38. The molecule has 0 bridgehead atoms. The Kier molecular flexibility index (Phi) is 8.14. The van der Waals surface area contributed by atoms with Crippen LogP contribution in [0.1, 0.15) is 52.0 Å². The van der Waals surface area contributed by atoms with E-state index in [1.54, 1.807) is 11.1 Å². The van der Waals surface area contributed by atoms with Gasteiger partial charge in [0.05, 0.1) is 24.0 Å². The van der Waals surface area contributed by atoms with Gasteiger partial charge in [-0.3, -0.25) is 4.79 Å². The normalized spacial score (nSPS) is 14.2. The predicted octanol–water partition coefficient (Wildman–Crippen LogP) is 5.40. The topological polar surface area (TPSA) is 88.9 Å². The third-order valence-electron chi connectivity index (χ3n) is 6.29. The van der Waals surface area contributed by atoms with Crippen LogP contribution in [0.5, 0.6) is 5.75 Å². The minimum atomic E-state index is -0.509. The lowest BCUT2D eigenvalue weighted by Crippen LogP contribution is -2.50. The molecule has 3 aromatic rings. The van der Waals surface area contributed by atoms with Crippen LogP contribution in [0.4, 0.5) is 16.3 Å². The molecule has 1 saturated heterocycles. The van der Waals surface area contributed by atoms with Gasteiger partial charge in [-0.2, -0.15) is 0 Å². The molecule has 38 heavy (non-hydrogen) atoms. The van der Waals surface area contributed by atoms with Crippen molar-refractivity contribution in [2.24, 2.45) is 5.92 Å². The highest BCUT2D eigenvalue weighted by molar-refractivity contribution is 6.07. The molecule has 0 spiro atoms. The Morgan fingerprint density at radius 2 is 1.82 bits per heavy atom. The molecule has 204 valence electrons. The predicted molar refractivity (Wildman–Crippen MR) is 150 cm³/mol. The molecule has 0 radical (unpaired) electrons. The average molecular weight is 522 g/mol. The van der Waals surface area contributed by atoms with E-state index >= 15 is 0 Å². The van der Waals surface area contributed by atoms with Gasteiger partial charge in [-0.05, 0) is 63.9 Å². The number of amides is 2. The van der Waals surface area contributed by atoms with Gasteiger partial charge in [0, 0.05) is 38.1 Å². The first-order chi connectivity index (χ1) is 18.1. The summed E-state index contributed by atoms with van der Waals surface area (Å²) in [6.45, 7) is 15.6. The van der Waals surface area contributed by atoms with E-state index in [0.717, 1.165) is 22.5 Å². The smallest absolute Gasteiger partial charge is 0.410 e. The highest BCUT2D eigenvalue weighted by Gasteiger charge is 2.26. The van der Waals surface area contributed by atoms with Gasteiger partial charge in [-0.25, -0.2) is 9.78 Å². The number of carbonyl (C=O) groups excluding carboxylic acids is 2. The van der Waals surface area contributed by atoms with Gasteiger partial charge in [0.25, 0.3) is 5.91 Å². The van der Waals surface area contributed by atoms with Gasteiger partial charge >= 0.3 is 6.09 Å². The Bertz CT molecular complexity index is 1270. The van der Waals surface area contributed by atoms with Crippen LogP contribution in [0.2, 0.25) is 0 Å². The van der Waals surface area contributed by atoms with Gasteiger partial charge in [-0.15, -0.1) is 0 Å². The average Bonchev–Trinajstić information content (AvgIpc) is 3.26. The summed E-state index contributed by atoms with van der Waals surface area (Å²) < 4.78 is 13.5. The fraction of sp³-hybridized carbons (Fsp3) is 0.483. The summed E-state index contributed by atoms with van der Waals surface area (Å²) in [5.41, 5.74) is 1.66. The molecular formula is C29H39N5O4. The number of benzene rings is 1. The molecule has 1 N–H and O–H groups in total. The number of pyridine rings is 1. The Labute approximate surface area is 224 Å². The molecule has 1 aromatic carbocycles. The monoisotopic (exact) mass is 521 g/mol. The number of hydrogen-bond donors (Lipinski definition) is 1. The number of fused-ring (bicyclic) bond motifs is 1. The van der Waals surface area contributed by atoms with Gasteiger partial charge < -0.3 is 29.2 Å². The van der Waals surface area contributed by atoms with E-state index in [1.165, 1.54) is 0 Å². The maximum atomic E-state index is 13.3. The quantitative estimate of drug-likeness (QED) is 0.448. The second-order valence-corrected chi connectivity index (χ2v) is 11.0. The van der Waals surface area contributed by atoms with E-state index in [1.807, 2.05) is 68.7 Å². The zero-order valence-electron chi connectivity index (χ0n) is 23.3. The van der Waals surface area contributed by atoms with E-state index < -0.39 is 5.60 Å². The maximum absolute atomic E-state index is 13.3. The second kappa shape index (κ2) is 11.3. The van der Waals surface area contributed by atoms with E-state index in [-0.39, 0.29) is 12.0 Å². The molecule has 0 aliphatic carbocycles. The molecule has 1 aliphatic rings. The van der Waals surface area contributed by atoms with Crippen LogP contribution < -0.4 is 15.0 Å². The lowest BCUT2D eigenvalue weighted by atomic mass is 10.2. The van der Waals surface area contributed by atoms with Crippen molar-refractivity contribution >= 4 is 34.4 Å². The van der Waals surface area contributed by atoms with Gasteiger partial charge in [0.2, 0.25) is 0 Å². The molecule has 0 saturated carbocycles. The number of rotatable bonds is 7. The van der Waals surface area contributed by atoms with Crippen molar-refractivity contribution < 1.29 is 19.1 Å². The van der Waals surface area contributed by atoms with Crippen LogP contribution in [0.25, 0.3) is 10.9 Å². The fourth-order valence-electron chi connectivity index (χ4n) is 4.46. The number of piperazine rings is 1. The summed E-state index contributed by atoms with van der Waals surface area (Å²) in [6, 6.07) is 11.6. The van der Waals surface area contributed by atoms with Crippen molar-refractivity contribution in [2.45, 2.75) is 53.7 Å². The molecule has 1 fully saturated rings. The van der Waals surface area contributed by atoms with Crippen molar-refractivity contribution in [3.8, 4) is 5.75 Å². The number of aryl methyl sites for hydroxylation is 1. The number of aromatic nitrogens is 2. The number of nitrogens with one attached hydrogen (secondary N) is 1. The number of carbonyl (C=O) groups is 2. The molecule has 2 amide bonds. The number of ether oxygens (including phenoxy) is 2. The lowest BCUT2D eigenvalue weighted by Gasteiger charge is -2.36. The van der Waals surface area contributed by atoms with Crippen molar-refractivity contribution in [2.75, 3.05) is 43.0 Å². The molecule has 2 aromatic heterocycles. The summed E-state index contributed by atoms with van der Waals surface area (Å²) in [4.78, 5) is 34.0. The van der Waals surface area contributed by atoms with E-state index in [9.17, 15) is 9.59 Å². The Morgan fingerprint density at radius 3 is 2.42 bits per heavy atom. The lowest BCUT2D eigenvalue weighted by molar-refractivity contribution is 0.0240. The van der Waals surface area contributed by atoms with Gasteiger partial charge in [0.1, 0.15) is 22.9 Å². The third kappa shape index (κ3) is 6.38. The highest BCUT2D eigenvalue weighted by Crippen LogP contribution is 2.30. The fourth-order valence-corrected chi connectivity index (χ4v) is 4.46. The van der Waals surface area contributed by atoms with Gasteiger partial charge in [0.15, 0.2) is 0 Å².